The largest absolute Gasteiger partial charge is 0.481 e. The van der Waals surface area contributed by atoms with Crippen LogP contribution in [0.15, 0.2) is 0 Å². The molecule has 1 amide bonds. The predicted octanol–water partition coefficient (Wildman–Crippen LogP) is 1.89. The molecule has 0 aromatic rings. The van der Waals surface area contributed by atoms with Crippen molar-refractivity contribution >= 4 is 23.6 Å². The second-order valence-corrected chi connectivity index (χ2v) is 6.44. The molecule has 5 heteroatoms. The van der Waals surface area contributed by atoms with Crippen LogP contribution in [0.4, 0.5) is 0 Å². The van der Waals surface area contributed by atoms with Crippen molar-refractivity contribution in [1.29, 1.82) is 0 Å². The van der Waals surface area contributed by atoms with Crippen molar-refractivity contribution in [3.05, 3.63) is 0 Å². The van der Waals surface area contributed by atoms with E-state index < -0.39 is 5.97 Å². The second kappa shape index (κ2) is 5.95. The third-order valence-electron chi connectivity index (χ3n) is 4.24. The first-order valence-corrected chi connectivity index (χ1v) is 7.96. The Labute approximate surface area is 112 Å². The Bertz CT molecular complexity index is 334. The highest BCUT2D eigenvalue weighted by molar-refractivity contribution is 7.99. The molecule has 0 aromatic heterocycles. The van der Waals surface area contributed by atoms with Crippen molar-refractivity contribution < 1.29 is 14.7 Å². The SMILES string of the molecule is CSC1CCCC1NC(=O)[C@@H]1CC[C@H](C(=O)O)C1. The van der Waals surface area contributed by atoms with Gasteiger partial charge in [-0.15, -0.1) is 0 Å². The molecule has 2 rings (SSSR count). The molecule has 0 aromatic carbocycles. The Kier molecular flexibility index (Phi) is 4.54. The van der Waals surface area contributed by atoms with E-state index in [0.717, 1.165) is 12.8 Å². The summed E-state index contributed by atoms with van der Waals surface area (Å²) in [5.41, 5.74) is 0. The lowest BCUT2D eigenvalue weighted by atomic mass is 10.0. The van der Waals surface area contributed by atoms with E-state index in [1.165, 1.54) is 12.8 Å². The summed E-state index contributed by atoms with van der Waals surface area (Å²) in [4.78, 5) is 23.0. The van der Waals surface area contributed by atoms with Crippen molar-refractivity contribution in [3.63, 3.8) is 0 Å². The van der Waals surface area contributed by atoms with Gasteiger partial charge in [-0.05, 0) is 38.4 Å². The number of carbonyl (C=O) groups is 2. The lowest BCUT2D eigenvalue weighted by Gasteiger charge is -2.21. The molecule has 0 saturated heterocycles. The van der Waals surface area contributed by atoms with Crippen LogP contribution in [0.3, 0.4) is 0 Å². The number of amides is 1. The number of nitrogens with one attached hydrogen (secondary N) is 1. The maximum atomic E-state index is 12.1. The molecule has 18 heavy (non-hydrogen) atoms. The van der Waals surface area contributed by atoms with Crippen LogP contribution in [-0.4, -0.2) is 34.5 Å². The zero-order valence-corrected chi connectivity index (χ0v) is 11.5. The Morgan fingerprint density at radius 3 is 2.50 bits per heavy atom. The minimum Gasteiger partial charge on any atom is -0.481 e. The van der Waals surface area contributed by atoms with E-state index in [9.17, 15) is 9.59 Å². The third kappa shape index (κ3) is 2.99. The standard InChI is InChI=1S/C13H21NO3S/c1-18-11-4-2-3-10(11)14-12(15)8-5-6-9(7-8)13(16)17/h8-11H,2-7H2,1H3,(H,14,15)(H,16,17)/t8-,9+,10?,11?/m1/s1. The fourth-order valence-electron chi connectivity index (χ4n) is 3.12. The molecule has 4 nitrogen and oxygen atoms in total. The maximum Gasteiger partial charge on any atom is 0.306 e. The predicted molar refractivity (Wildman–Crippen MR) is 71.6 cm³/mol. The lowest BCUT2D eigenvalue weighted by molar-refractivity contribution is -0.141. The van der Waals surface area contributed by atoms with Crippen LogP contribution in [0.5, 0.6) is 0 Å². The number of hydrogen-bond donors (Lipinski definition) is 2. The second-order valence-electron chi connectivity index (χ2n) is 5.37. The van der Waals surface area contributed by atoms with Crippen LogP contribution in [0, 0.1) is 11.8 Å². The minimum atomic E-state index is -0.756. The van der Waals surface area contributed by atoms with E-state index >= 15 is 0 Å². The summed E-state index contributed by atoms with van der Waals surface area (Å²) in [6, 6.07) is 0.288. The van der Waals surface area contributed by atoms with Crippen LogP contribution in [0.25, 0.3) is 0 Å². The number of carboxylic acids is 1. The zero-order chi connectivity index (χ0) is 13.1. The molecule has 2 aliphatic rings. The zero-order valence-electron chi connectivity index (χ0n) is 10.7. The van der Waals surface area contributed by atoms with E-state index in [1.807, 2.05) is 11.8 Å². The van der Waals surface area contributed by atoms with Crippen molar-refractivity contribution in [2.75, 3.05) is 6.26 Å². The van der Waals surface area contributed by atoms with Crippen molar-refractivity contribution in [1.82, 2.24) is 5.32 Å². The summed E-state index contributed by atoms with van der Waals surface area (Å²) in [7, 11) is 0. The first-order chi connectivity index (χ1) is 8.61. The van der Waals surface area contributed by atoms with Crippen LogP contribution in [0.1, 0.15) is 38.5 Å². The first-order valence-electron chi connectivity index (χ1n) is 6.67. The van der Waals surface area contributed by atoms with Gasteiger partial charge in [-0.25, -0.2) is 0 Å². The number of thioether (sulfide) groups is 1. The van der Waals surface area contributed by atoms with Crippen molar-refractivity contribution in [2.24, 2.45) is 11.8 Å². The minimum absolute atomic E-state index is 0.0738. The number of hydrogen-bond acceptors (Lipinski definition) is 3. The monoisotopic (exact) mass is 271 g/mol. The third-order valence-corrected chi connectivity index (χ3v) is 5.41. The van der Waals surface area contributed by atoms with Gasteiger partial charge in [0.25, 0.3) is 0 Å². The summed E-state index contributed by atoms with van der Waals surface area (Å²) in [6.45, 7) is 0. The van der Waals surface area contributed by atoms with Gasteiger partial charge in [0.15, 0.2) is 0 Å². The van der Waals surface area contributed by atoms with Gasteiger partial charge in [0.05, 0.1) is 5.92 Å². The molecule has 2 saturated carbocycles. The van der Waals surface area contributed by atoms with Crippen LogP contribution >= 0.6 is 11.8 Å². The van der Waals surface area contributed by atoms with Crippen LogP contribution < -0.4 is 5.32 Å². The van der Waals surface area contributed by atoms with Gasteiger partial charge in [0, 0.05) is 17.2 Å². The fraction of sp³-hybridized carbons (Fsp3) is 0.846. The molecule has 0 heterocycles. The fourth-order valence-corrected chi connectivity index (χ4v) is 4.05. The molecule has 0 spiro atoms. The molecule has 2 fully saturated rings. The molecule has 102 valence electrons. The quantitative estimate of drug-likeness (QED) is 0.819. The number of rotatable bonds is 4. The average molecular weight is 271 g/mol. The van der Waals surface area contributed by atoms with Crippen molar-refractivity contribution in [3.8, 4) is 0 Å². The van der Waals surface area contributed by atoms with E-state index in [0.29, 0.717) is 18.1 Å². The van der Waals surface area contributed by atoms with Gasteiger partial charge >= 0.3 is 5.97 Å². The highest BCUT2D eigenvalue weighted by Gasteiger charge is 2.36. The molecular formula is C13H21NO3S. The molecular weight excluding hydrogens is 250 g/mol. The van der Waals surface area contributed by atoms with Crippen LogP contribution in [-0.2, 0) is 9.59 Å². The summed E-state index contributed by atoms with van der Waals surface area (Å²) in [5.74, 6) is -1.09. The highest BCUT2D eigenvalue weighted by atomic mass is 32.2. The van der Waals surface area contributed by atoms with Crippen molar-refractivity contribution in [2.45, 2.75) is 49.8 Å². The summed E-state index contributed by atoms with van der Waals surface area (Å²) in [5, 5.41) is 12.6. The summed E-state index contributed by atoms with van der Waals surface area (Å²) < 4.78 is 0. The number of carbonyl (C=O) groups excluding carboxylic acids is 1. The van der Waals surface area contributed by atoms with E-state index in [-0.39, 0.29) is 23.8 Å². The number of aliphatic carboxylic acids is 1. The Morgan fingerprint density at radius 2 is 1.89 bits per heavy atom. The Morgan fingerprint density at radius 1 is 1.17 bits per heavy atom. The molecule has 4 atom stereocenters. The van der Waals surface area contributed by atoms with Crippen LogP contribution in [0.2, 0.25) is 0 Å². The first kappa shape index (κ1) is 13.7. The topological polar surface area (TPSA) is 66.4 Å². The van der Waals surface area contributed by atoms with E-state index in [4.69, 9.17) is 5.11 Å². The molecule has 0 radical (unpaired) electrons. The van der Waals surface area contributed by atoms with E-state index in [2.05, 4.69) is 11.6 Å². The van der Waals surface area contributed by atoms with Gasteiger partial charge in [-0.1, -0.05) is 6.42 Å². The lowest BCUT2D eigenvalue weighted by Crippen LogP contribution is -2.41. The highest BCUT2D eigenvalue weighted by Crippen LogP contribution is 2.33. The Hall–Kier alpha value is -0.710. The smallest absolute Gasteiger partial charge is 0.306 e. The normalized spacial score (nSPS) is 35.6. The van der Waals surface area contributed by atoms with Gasteiger partial charge in [0.2, 0.25) is 5.91 Å². The van der Waals surface area contributed by atoms with E-state index in [1.54, 1.807) is 0 Å². The molecule has 0 bridgehead atoms. The van der Waals surface area contributed by atoms with Gasteiger partial charge in [-0.2, -0.15) is 11.8 Å². The molecule has 2 N–H and O–H groups in total. The Balaban J connectivity index is 1.83. The molecule has 2 unspecified atom stereocenters. The molecule has 2 aliphatic carbocycles. The summed E-state index contributed by atoms with van der Waals surface area (Å²) in [6.07, 6.45) is 7.38. The van der Waals surface area contributed by atoms with Gasteiger partial charge < -0.3 is 10.4 Å². The van der Waals surface area contributed by atoms with Gasteiger partial charge in [-0.3, -0.25) is 9.59 Å². The average Bonchev–Trinajstić information content (AvgIpc) is 2.96. The summed E-state index contributed by atoms with van der Waals surface area (Å²) >= 11 is 1.82. The molecule has 0 aliphatic heterocycles. The number of carboxylic acid groups (broad SMARTS) is 1. The van der Waals surface area contributed by atoms with Gasteiger partial charge in [0.1, 0.15) is 0 Å². The maximum absolute atomic E-state index is 12.1.